The van der Waals surface area contributed by atoms with Gasteiger partial charge in [0.05, 0.1) is 18.7 Å². The summed E-state index contributed by atoms with van der Waals surface area (Å²) >= 11 is 0. The number of tetrazole rings is 1. The minimum Gasteiger partial charge on any atom is -0.309 e. The average molecular weight is 432 g/mol. The third-order valence-electron chi connectivity index (χ3n) is 5.15. The zero-order chi connectivity index (χ0) is 20.6. The second kappa shape index (κ2) is 7.79. The Hall–Kier alpha value is -2.40. The van der Waals surface area contributed by atoms with E-state index in [4.69, 9.17) is 9.39 Å². The molecule has 16 heteroatoms. The van der Waals surface area contributed by atoms with Gasteiger partial charge in [0.25, 0.3) is 5.91 Å². The summed E-state index contributed by atoms with van der Waals surface area (Å²) in [5, 5.41) is 15.4. The van der Waals surface area contributed by atoms with Gasteiger partial charge in [-0.15, -0.1) is 14.5 Å². The van der Waals surface area contributed by atoms with Gasteiger partial charge in [-0.05, 0) is 24.5 Å². The smallest absolute Gasteiger partial charge is 0.309 e. The van der Waals surface area contributed by atoms with Crippen molar-refractivity contribution in [3.05, 3.63) is 6.33 Å². The van der Waals surface area contributed by atoms with Crippen LogP contribution in [0.25, 0.3) is 0 Å². The van der Waals surface area contributed by atoms with Crippen molar-refractivity contribution < 1.29 is 31.7 Å². The first-order chi connectivity index (χ1) is 13.8. The van der Waals surface area contributed by atoms with Gasteiger partial charge in [-0.1, -0.05) is 0 Å². The average Bonchev–Trinajstić information content (AvgIpc) is 3.39. The fraction of sp³-hybridized carbons (Fsp3) is 0.769. The Bertz CT molecular complexity index is 865. The topological polar surface area (TPSA) is 181 Å². The van der Waals surface area contributed by atoms with Gasteiger partial charge in [0.1, 0.15) is 6.04 Å². The van der Waals surface area contributed by atoms with Crippen molar-refractivity contribution in [1.29, 1.82) is 0 Å². The number of piperidine rings is 1. The fourth-order valence-corrected chi connectivity index (χ4v) is 4.22. The Morgan fingerprint density at radius 2 is 2.21 bits per heavy atom. The predicted molar refractivity (Wildman–Crippen MR) is 90.7 cm³/mol. The molecule has 160 valence electrons. The molecule has 1 aromatic heterocycles. The van der Waals surface area contributed by atoms with Crippen LogP contribution >= 0.6 is 0 Å². The Morgan fingerprint density at radius 3 is 2.93 bits per heavy atom. The highest BCUT2D eigenvalue weighted by molar-refractivity contribution is 7.80. The van der Waals surface area contributed by atoms with Gasteiger partial charge in [0, 0.05) is 19.1 Å². The van der Waals surface area contributed by atoms with E-state index in [1.165, 1.54) is 16.0 Å². The lowest BCUT2D eigenvalue weighted by atomic mass is 10.0. The van der Waals surface area contributed by atoms with Crippen LogP contribution in [0.5, 0.6) is 0 Å². The molecule has 0 saturated carbocycles. The molecule has 4 rings (SSSR count). The second-order valence-corrected chi connectivity index (χ2v) is 8.04. The summed E-state index contributed by atoms with van der Waals surface area (Å²) in [7, 11) is -4.83. The summed E-state index contributed by atoms with van der Waals surface area (Å²) in [4.78, 5) is 32.8. The van der Waals surface area contributed by atoms with Gasteiger partial charge in [-0.3, -0.25) is 14.2 Å². The molecule has 4 heterocycles. The molecule has 0 radical (unpaired) electrons. The number of carbonyl (C=O) groups excluding carboxylic acids is 2. The van der Waals surface area contributed by atoms with Crippen LogP contribution in [0.3, 0.4) is 0 Å². The summed E-state index contributed by atoms with van der Waals surface area (Å²) in [6, 6.07) is -2.15. The number of amides is 3. The molecule has 3 saturated heterocycles. The van der Waals surface area contributed by atoms with Gasteiger partial charge in [-0.2, -0.15) is 18.3 Å². The maximum atomic E-state index is 12.4. The number of nitrogens with one attached hydrogen (secondary N) is 2. The molecule has 3 amide bonds. The molecule has 0 aliphatic carbocycles. The molecule has 2 bridgehead atoms. The molecule has 3 fully saturated rings. The number of rotatable bonds is 7. The number of hydrogen-bond donors (Lipinski definition) is 3. The fourth-order valence-electron chi connectivity index (χ4n) is 3.83. The molecule has 3 N–H and O–H groups in total. The highest BCUT2D eigenvalue weighted by Crippen LogP contribution is 2.30. The van der Waals surface area contributed by atoms with Crippen molar-refractivity contribution in [3.63, 3.8) is 0 Å². The van der Waals surface area contributed by atoms with Crippen molar-refractivity contribution in [2.45, 2.75) is 43.4 Å². The van der Waals surface area contributed by atoms with Crippen LogP contribution in [0.1, 0.15) is 25.3 Å². The lowest BCUT2D eigenvalue weighted by Crippen LogP contribution is -2.50. The molecule has 15 nitrogen and oxygen atoms in total. The molecule has 3 aliphatic heterocycles. The van der Waals surface area contributed by atoms with Crippen LogP contribution in [0.15, 0.2) is 6.33 Å². The highest BCUT2D eigenvalue weighted by Gasteiger charge is 2.49. The molecule has 4 atom stereocenters. The predicted octanol–water partition coefficient (Wildman–Crippen LogP) is -2.37. The Kier molecular flexibility index (Phi) is 5.34. The number of aromatic nitrogens is 4. The minimum atomic E-state index is -4.83. The molecule has 0 spiro atoms. The van der Waals surface area contributed by atoms with E-state index in [1.54, 1.807) is 0 Å². The van der Waals surface area contributed by atoms with E-state index in [2.05, 4.69) is 30.5 Å². The van der Waals surface area contributed by atoms with Gasteiger partial charge in [0.2, 0.25) is 0 Å². The molecule has 1 aromatic rings. The van der Waals surface area contributed by atoms with Crippen molar-refractivity contribution in [2.24, 2.45) is 0 Å². The quantitative estimate of drug-likeness (QED) is 0.309. The zero-order valence-electron chi connectivity index (χ0n) is 15.1. The Morgan fingerprint density at radius 1 is 1.38 bits per heavy atom. The monoisotopic (exact) mass is 432 g/mol. The van der Waals surface area contributed by atoms with E-state index in [-0.39, 0.29) is 25.2 Å². The van der Waals surface area contributed by atoms with Gasteiger partial charge >= 0.3 is 16.4 Å². The lowest BCUT2D eigenvalue weighted by Gasteiger charge is -2.29. The van der Waals surface area contributed by atoms with E-state index in [1.807, 2.05) is 0 Å². The van der Waals surface area contributed by atoms with Crippen LogP contribution in [0.4, 0.5) is 4.79 Å². The number of carbonyl (C=O) groups is 2. The van der Waals surface area contributed by atoms with E-state index in [0.717, 1.165) is 0 Å². The maximum Gasteiger partial charge on any atom is 0.418 e. The standard InChI is InChI=1S/C13H20N8O7S/c22-12(17-27-6-8-3-10(4-14-8)21-16-7-15-18-21)11-2-1-9-5-19(11)13(23)20(9)28-29(24,25)26/h7-11,14H,1-6H2,(H,17,22)(H,24,25,26)/t8-,9?,10-,11-/m0/s1. The van der Waals surface area contributed by atoms with Crippen molar-refractivity contribution in [3.8, 4) is 0 Å². The SMILES string of the molecule is O=C(NOC[C@@H]1C[C@H](n2ncnn2)CN1)[C@@H]1CCC2CN1C(=O)N2OS(=O)(=O)O. The number of fused-ring (bicyclic) bond motifs is 2. The van der Waals surface area contributed by atoms with Crippen molar-refractivity contribution in [1.82, 2.24) is 41.0 Å². The Labute approximate surface area is 165 Å². The van der Waals surface area contributed by atoms with E-state index in [9.17, 15) is 18.0 Å². The highest BCUT2D eigenvalue weighted by atomic mass is 32.3. The summed E-state index contributed by atoms with van der Waals surface area (Å²) in [5.74, 6) is -0.516. The molecule has 29 heavy (non-hydrogen) atoms. The number of hydrogen-bond acceptors (Lipinski definition) is 10. The first-order valence-corrected chi connectivity index (χ1v) is 10.3. The first-order valence-electron chi connectivity index (χ1n) is 8.96. The van der Waals surface area contributed by atoms with Crippen LogP contribution in [0, 0.1) is 0 Å². The maximum absolute atomic E-state index is 12.4. The number of nitrogens with zero attached hydrogens (tertiary/aromatic N) is 6. The van der Waals surface area contributed by atoms with Crippen LogP contribution in [0.2, 0.25) is 0 Å². The van der Waals surface area contributed by atoms with Gasteiger partial charge in [-0.25, -0.2) is 10.3 Å². The Balaban J connectivity index is 1.25. The van der Waals surface area contributed by atoms with Gasteiger partial charge < -0.3 is 10.2 Å². The third-order valence-corrected chi connectivity index (χ3v) is 5.50. The zero-order valence-corrected chi connectivity index (χ0v) is 15.9. The number of urea groups is 1. The molecule has 3 aliphatic rings. The lowest BCUT2D eigenvalue weighted by molar-refractivity contribution is -0.139. The van der Waals surface area contributed by atoms with Gasteiger partial charge in [0.15, 0.2) is 6.33 Å². The largest absolute Gasteiger partial charge is 0.418 e. The summed E-state index contributed by atoms with van der Waals surface area (Å²) in [5.41, 5.74) is 2.35. The van der Waals surface area contributed by atoms with E-state index >= 15 is 0 Å². The molecular weight excluding hydrogens is 412 g/mol. The van der Waals surface area contributed by atoms with Crippen LogP contribution in [-0.2, 0) is 24.3 Å². The molecular formula is C13H20N8O7S. The van der Waals surface area contributed by atoms with Crippen molar-refractivity contribution in [2.75, 3.05) is 19.7 Å². The summed E-state index contributed by atoms with van der Waals surface area (Å²) < 4.78 is 34.9. The van der Waals surface area contributed by atoms with Crippen molar-refractivity contribution >= 4 is 22.3 Å². The first kappa shape index (κ1) is 19.9. The minimum absolute atomic E-state index is 0.0193. The van der Waals surface area contributed by atoms with Crippen LogP contribution in [-0.4, -0.2) is 92.9 Å². The molecule has 0 aromatic carbocycles. The molecule has 1 unspecified atom stereocenters. The van der Waals surface area contributed by atoms with E-state index < -0.39 is 34.4 Å². The summed E-state index contributed by atoms with van der Waals surface area (Å²) in [6.07, 6.45) is 2.70. The second-order valence-electron chi connectivity index (χ2n) is 7.04. The third kappa shape index (κ3) is 4.30. The van der Waals surface area contributed by atoms with E-state index in [0.29, 0.717) is 30.9 Å². The van der Waals surface area contributed by atoms with Crippen LogP contribution < -0.4 is 10.8 Å². The number of hydroxylamine groups is 3. The normalized spacial score (nSPS) is 29.5. The summed E-state index contributed by atoms with van der Waals surface area (Å²) in [6.45, 7) is 0.968.